The Morgan fingerprint density at radius 3 is 2.85 bits per heavy atom. The third-order valence-corrected chi connectivity index (χ3v) is 3.48. The SMILES string of the molecule is CC(Br)CCC(Cl)Cc1ccsc1. The van der Waals surface area contributed by atoms with Crippen molar-refractivity contribution in [2.45, 2.75) is 36.4 Å². The van der Waals surface area contributed by atoms with Crippen LogP contribution in [0, 0.1) is 0 Å². The molecule has 0 spiro atoms. The second kappa shape index (κ2) is 6.05. The van der Waals surface area contributed by atoms with Gasteiger partial charge in [-0.05, 0) is 41.7 Å². The second-order valence-electron chi connectivity index (χ2n) is 3.29. The van der Waals surface area contributed by atoms with Gasteiger partial charge in [0.25, 0.3) is 0 Å². The molecule has 0 radical (unpaired) electrons. The summed E-state index contributed by atoms with van der Waals surface area (Å²) in [6.45, 7) is 2.16. The highest BCUT2D eigenvalue weighted by molar-refractivity contribution is 9.09. The van der Waals surface area contributed by atoms with Gasteiger partial charge in [0, 0.05) is 10.2 Å². The third-order valence-electron chi connectivity index (χ3n) is 1.91. The minimum absolute atomic E-state index is 0.287. The van der Waals surface area contributed by atoms with Gasteiger partial charge in [0.2, 0.25) is 0 Å². The molecular weight excluding hydrogens is 268 g/mol. The molecule has 0 fully saturated rings. The first-order valence-corrected chi connectivity index (χ1v) is 6.77. The molecule has 74 valence electrons. The molecule has 0 aliphatic carbocycles. The molecule has 0 amide bonds. The lowest BCUT2D eigenvalue weighted by atomic mass is 10.1. The smallest absolute Gasteiger partial charge is 0.0377 e. The van der Waals surface area contributed by atoms with E-state index in [1.807, 2.05) is 0 Å². The van der Waals surface area contributed by atoms with E-state index in [4.69, 9.17) is 11.6 Å². The molecule has 0 N–H and O–H groups in total. The van der Waals surface area contributed by atoms with Gasteiger partial charge < -0.3 is 0 Å². The summed E-state index contributed by atoms with van der Waals surface area (Å²) in [5, 5.41) is 4.56. The van der Waals surface area contributed by atoms with Crippen LogP contribution in [-0.2, 0) is 6.42 Å². The summed E-state index contributed by atoms with van der Waals surface area (Å²) < 4.78 is 0. The maximum atomic E-state index is 6.20. The van der Waals surface area contributed by atoms with Gasteiger partial charge in [-0.25, -0.2) is 0 Å². The molecule has 2 unspecified atom stereocenters. The molecule has 1 heterocycles. The predicted molar refractivity (Wildman–Crippen MR) is 65.3 cm³/mol. The van der Waals surface area contributed by atoms with Gasteiger partial charge in [0.15, 0.2) is 0 Å². The maximum absolute atomic E-state index is 6.20. The first kappa shape index (κ1) is 11.5. The first-order valence-electron chi connectivity index (χ1n) is 4.47. The molecule has 0 aliphatic rings. The summed E-state index contributed by atoms with van der Waals surface area (Å²) in [5.41, 5.74) is 1.37. The normalized spacial score (nSPS) is 15.6. The lowest BCUT2D eigenvalue weighted by Crippen LogP contribution is -2.05. The zero-order valence-electron chi connectivity index (χ0n) is 7.67. The van der Waals surface area contributed by atoms with E-state index in [0.717, 1.165) is 19.3 Å². The fraction of sp³-hybridized carbons (Fsp3) is 0.600. The number of alkyl halides is 2. The number of thiophene rings is 1. The van der Waals surface area contributed by atoms with Crippen molar-refractivity contribution in [2.24, 2.45) is 0 Å². The van der Waals surface area contributed by atoms with Crippen LogP contribution >= 0.6 is 38.9 Å². The summed E-state index contributed by atoms with van der Waals surface area (Å²) in [5.74, 6) is 0. The van der Waals surface area contributed by atoms with Crippen LogP contribution in [0.1, 0.15) is 25.3 Å². The number of halogens is 2. The third kappa shape index (κ3) is 5.04. The van der Waals surface area contributed by atoms with Crippen LogP contribution in [0.3, 0.4) is 0 Å². The molecule has 0 saturated heterocycles. The molecule has 2 atom stereocenters. The molecule has 0 saturated carbocycles. The van der Waals surface area contributed by atoms with E-state index in [0.29, 0.717) is 4.83 Å². The van der Waals surface area contributed by atoms with Crippen molar-refractivity contribution in [3.63, 3.8) is 0 Å². The van der Waals surface area contributed by atoms with E-state index < -0.39 is 0 Å². The van der Waals surface area contributed by atoms with E-state index >= 15 is 0 Å². The van der Waals surface area contributed by atoms with Crippen molar-refractivity contribution in [1.82, 2.24) is 0 Å². The van der Waals surface area contributed by atoms with Crippen LogP contribution in [0.5, 0.6) is 0 Å². The summed E-state index contributed by atoms with van der Waals surface area (Å²) >= 11 is 11.5. The van der Waals surface area contributed by atoms with Crippen molar-refractivity contribution < 1.29 is 0 Å². The Labute approximate surface area is 97.4 Å². The number of hydrogen-bond donors (Lipinski definition) is 0. The lowest BCUT2D eigenvalue weighted by molar-refractivity contribution is 0.688. The topological polar surface area (TPSA) is 0 Å². The van der Waals surface area contributed by atoms with Crippen molar-refractivity contribution in [3.05, 3.63) is 22.4 Å². The van der Waals surface area contributed by atoms with Crippen LogP contribution in [-0.4, -0.2) is 10.2 Å². The predicted octanol–water partition coefficient (Wildman–Crippen LogP) is 4.46. The molecule has 3 heteroatoms. The molecule has 0 nitrogen and oxygen atoms in total. The molecule has 13 heavy (non-hydrogen) atoms. The largest absolute Gasteiger partial charge is 0.152 e. The average molecular weight is 282 g/mol. The van der Waals surface area contributed by atoms with Crippen LogP contribution in [0.2, 0.25) is 0 Å². The van der Waals surface area contributed by atoms with Gasteiger partial charge in [-0.15, -0.1) is 11.6 Å². The Bertz CT molecular complexity index is 221. The van der Waals surface area contributed by atoms with Crippen molar-refractivity contribution >= 4 is 38.9 Å². The minimum Gasteiger partial charge on any atom is -0.152 e. The zero-order valence-corrected chi connectivity index (χ0v) is 10.8. The Balaban J connectivity index is 2.22. The quantitative estimate of drug-likeness (QED) is 0.699. The maximum Gasteiger partial charge on any atom is 0.0377 e. The van der Waals surface area contributed by atoms with E-state index in [1.165, 1.54) is 5.56 Å². The summed E-state index contributed by atoms with van der Waals surface area (Å²) in [7, 11) is 0. The van der Waals surface area contributed by atoms with Gasteiger partial charge in [-0.2, -0.15) is 11.3 Å². The Morgan fingerprint density at radius 2 is 2.31 bits per heavy atom. The van der Waals surface area contributed by atoms with E-state index in [9.17, 15) is 0 Å². The van der Waals surface area contributed by atoms with Gasteiger partial charge >= 0.3 is 0 Å². The van der Waals surface area contributed by atoms with Gasteiger partial charge in [-0.3, -0.25) is 0 Å². The standard InChI is InChI=1S/C10H14BrClS/c1-8(11)2-3-10(12)6-9-4-5-13-7-9/h4-5,7-8,10H,2-3,6H2,1H3. The molecule has 1 rings (SSSR count). The second-order valence-corrected chi connectivity index (χ2v) is 6.25. The van der Waals surface area contributed by atoms with Gasteiger partial charge in [0.1, 0.15) is 0 Å². The summed E-state index contributed by atoms with van der Waals surface area (Å²) in [6, 6.07) is 2.15. The Morgan fingerprint density at radius 1 is 1.54 bits per heavy atom. The summed E-state index contributed by atoms with van der Waals surface area (Å²) in [4.78, 5) is 0.580. The first-order chi connectivity index (χ1) is 6.18. The van der Waals surface area contributed by atoms with Crippen LogP contribution < -0.4 is 0 Å². The van der Waals surface area contributed by atoms with Crippen molar-refractivity contribution in [1.29, 1.82) is 0 Å². The average Bonchev–Trinajstić information content (AvgIpc) is 2.53. The number of hydrogen-bond acceptors (Lipinski definition) is 1. The Hall–Kier alpha value is 0.470. The highest BCUT2D eigenvalue weighted by Crippen LogP contribution is 2.18. The minimum atomic E-state index is 0.287. The highest BCUT2D eigenvalue weighted by Gasteiger charge is 2.07. The number of rotatable bonds is 5. The van der Waals surface area contributed by atoms with Gasteiger partial charge in [0.05, 0.1) is 0 Å². The van der Waals surface area contributed by atoms with Crippen LogP contribution in [0.25, 0.3) is 0 Å². The fourth-order valence-corrected chi connectivity index (χ4v) is 2.43. The van der Waals surface area contributed by atoms with Crippen LogP contribution in [0.4, 0.5) is 0 Å². The van der Waals surface area contributed by atoms with Crippen molar-refractivity contribution in [2.75, 3.05) is 0 Å². The molecular formula is C10H14BrClS. The summed E-state index contributed by atoms with van der Waals surface area (Å²) in [6.07, 6.45) is 3.24. The Kier molecular flexibility index (Phi) is 5.37. The monoisotopic (exact) mass is 280 g/mol. The lowest BCUT2D eigenvalue weighted by Gasteiger charge is -2.08. The molecule has 0 aliphatic heterocycles. The fourth-order valence-electron chi connectivity index (χ4n) is 1.18. The van der Waals surface area contributed by atoms with Gasteiger partial charge in [-0.1, -0.05) is 22.9 Å². The van der Waals surface area contributed by atoms with E-state index in [2.05, 4.69) is 39.7 Å². The zero-order chi connectivity index (χ0) is 9.68. The van der Waals surface area contributed by atoms with Crippen LogP contribution in [0.15, 0.2) is 16.8 Å². The van der Waals surface area contributed by atoms with E-state index in [-0.39, 0.29) is 5.38 Å². The molecule has 0 bridgehead atoms. The molecule has 0 aromatic carbocycles. The molecule has 1 aromatic heterocycles. The van der Waals surface area contributed by atoms with Crippen molar-refractivity contribution in [3.8, 4) is 0 Å². The van der Waals surface area contributed by atoms with E-state index in [1.54, 1.807) is 11.3 Å². The highest BCUT2D eigenvalue weighted by atomic mass is 79.9. The molecule has 1 aromatic rings.